The Morgan fingerprint density at radius 1 is 1.60 bits per heavy atom. The second-order valence-electron chi connectivity index (χ2n) is 5.23. The van der Waals surface area contributed by atoms with Crippen molar-refractivity contribution >= 4 is 11.7 Å². The van der Waals surface area contributed by atoms with Crippen LogP contribution >= 0.6 is 0 Å². The molecule has 0 spiro atoms. The maximum Gasteiger partial charge on any atom is 0.222 e. The molecule has 1 amide bonds. The van der Waals surface area contributed by atoms with Gasteiger partial charge >= 0.3 is 0 Å². The molecule has 5 nitrogen and oxygen atoms in total. The molecule has 1 aliphatic rings. The van der Waals surface area contributed by atoms with Gasteiger partial charge in [0.15, 0.2) is 0 Å². The van der Waals surface area contributed by atoms with Crippen LogP contribution < -0.4 is 4.90 Å². The molecule has 6 heteroatoms. The van der Waals surface area contributed by atoms with Crippen molar-refractivity contribution < 1.29 is 9.18 Å². The van der Waals surface area contributed by atoms with Crippen molar-refractivity contribution in [3.63, 3.8) is 0 Å². The van der Waals surface area contributed by atoms with E-state index in [2.05, 4.69) is 9.97 Å². The fraction of sp³-hybridized carbons (Fsp3) is 0.643. The Labute approximate surface area is 118 Å². The molecular formula is C14H21FN4O. The highest BCUT2D eigenvalue weighted by Gasteiger charge is 2.34. The van der Waals surface area contributed by atoms with E-state index in [4.69, 9.17) is 0 Å². The van der Waals surface area contributed by atoms with E-state index in [0.717, 1.165) is 12.2 Å². The van der Waals surface area contributed by atoms with E-state index in [1.165, 1.54) is 6.33 Å². The minimum atomic E-state index is -0.871. The van der Waals surface area contributed by atoms with Gasteiger partial charge in [-0.15, -0.1) is 0 Å². The number of hydrogen-bond acceptors (Lipinski definition) is 4. The zero-order valence-electron chi connectivity index (χ0n) is 12.0. The van der Waals surface area contributed by atoms with Gasteiger partial charge in [-0.3, -0.25) is 4.79 Å². The summed E-state index contributed by atoms with van der Waals surface area (Å²) in [6, 6.07) is 1.75. The van der Waals surface area contributed by atoms with Crippen molar-refractivity contribution in [1.82, 2.24) is 14.9 Å². The first-order valence-electron chi connectivity index (χ1n) is 7.02. The topological polar surface area (TPSA) is 49.3 Å². The Hall–Kier alpha value is -1.72. The first-order chi connectivity index (χ1) is 9.61. The molecule has 0 radical (unpaired) electrons. The van der Waals surface area contributed by atoms with Crippen molar-refractivity contribution in [3.8, 4) is 0 Å². The van der Waals surface area contributed by atoms with Crippen LogP contribution in [-0.2, 0) is 4.79 Å². The van der Waals surface area contributed by atoms with Crippen molar-refractivity contribution in [1.29, 1.82) is 0 Å². The lowest BCUT2D eigenvalue weighted by Gasteiger charge is -2.29. The molecule has 0 aliphatic carbocycles. The number of anilines is 1. The fourth-order valence-electron chi connectivity index (χ4n) is 2.59. The molecule has 20 heavy (non-hydrogen) atoms. The molecule has 1 fully saturated rings. The van der Waals surface area contributed by atoms with Crippen molar-refractivity contribution in [3.05, 3.63) is 18.6 Å². The van der Waals surface area contributed by atoms with Gasteiger partial charge in [-0.05, 0) is 12.5 Å². The average Bonchev–Trinajstić information content (AvgIpc) is 2.81. The molecule has 110 valence electrons. The summed E-state index contributed by atoms with van der Waals surface area (Å²) in [5, 5.41) is 0. The number of halogens is 1. The summed E-state index contributed by atoms with van der Waals surface area (Å²) >= 11 is 0. The number of likely N-dealkylation sites (N-methyl/N-ethyl adjacent to an activating group) is 1. The standard InChI is InChI=1S/C14H21FN4O/c1-3-4-14(20)18(2)9-12-7-11(15)8-19(12)13-5-6-16-10-17-13/h5-6,10-12H,3-4,7-9H2,1-2H3/t11-,12-/m0/s1. The summed E-state index contributed by atoms with van der Waals surface area (Å²) in [4.78, 5) is 23.5. The van der Waals surface area contributed by atoms with Gasteiger partial charge in [-0.1, -0.05) is 6.92 Å². The van der Waals surface area contributed by atoms with Gasteiger partial charge in [-0.25, -0.2) is 14.4 Å². The normalized spacial score (nSPS) is 22.1. The zero-order valence-corrected chi connectivity index (χ0v) is 12.0. The van der Waals surface area contributed by atoms with E-state index in [1.807, 2.05) is 11.8 Å². The van der Waals surface area contributed by atoms with E-state index in [0.29, 0.717) is 25.9 Å². The lowest BCUT2D eigenvalue weighted by atomic mass is 10.2. The van der Waals surface area contributed by atoms with Crippen LogP contribution in [-0.4, -0.2) is 53.1 Å². The average molecular weight is 280 g/mol. The van der Waals surface area contributed by atoms with Gasteiger partial charge in [0.05, 0.1) is 12.6 Å². The number of alkyl halides is 1. The molecule has 0 unspecified atom stereocenters. The Kier molecular flexibility index (Phi) is 4.87. The van der Waals surface area contributed by atoms with Gasteiger partial charge < -0.3 is 9.80 Å². The summed E-state index contributed by atoms with van der Waals surface area (Å²) < 4.78 is 13.7. The van der Waals surface area contributed by atoms with Gasteiger partial charge in [0, 0.05) is 32.6 Å². The molecule has 1 aromatic rings. The molecule has 1 aliphatic heterocycles. The number of carbonyl (C=O) groups excluding carboxylic acids is 1. The summed E-state index contributed by atoms with van der Waals surface area (Å²) in [6.45, 7) is 2.84. The lowest BCUT2D eigenvalue weighted by molar-refractivity contribution is -0.130. The molecule has 2 heterocycles. The number of carbonyl (C=O) groups is 1. The van der Waals surface area contributed by atoms with Crippen molar-refractivity contribution in [2.45, 2.75) is 38.4 Å². The lowest BCUT2D eigenvalue weighted by Crippen LogP contribution is -2.41. The Morgan fingerprint density at radius 3 is 3.05 bits per heavy atom. The molecule has 0 bridgehead atoms. The summed E-state index contributed by atoms with van der Waals surface area (Å²) in [6.07, 6.45) is 4.05. The SMILES string of the molecule is CCCC(=O)N(C)C[C@@H]1C[C@H](F)CN1c1ccncn1. The molecule has 2 atom stereocenters. The highest BCUT2D eigenvalue weighted by molar-refractivity contribution is 5.75. The fourth-order valence-corrected chi connectivity index (χ4v) is 2.59. The van der Waals surface area contributed by atoms with E-state index < -0.39 is 6.17 Å². The molecule has 0 aromatic carbocycles. The van der Waals surface area contributed by atoms with E-state index >= 15 is 0 Å². The molecule has 1 saturated heterocycles. The zero-order chi connectivity index (χ0) is 14.5. The summed E-state index contributed by atoms with van der Waals surface area (Å²) in [7, 11) is 1.78. The smallest absolute Gasteiger partial charge is 0.222 e. The van der Waals surface area contributed by atoms with Crippen LogP contribution in [0.15, 0.2) is 18.6 Å². The maximum atomic E-state index is 13.7. The predicted octanol–water partition coefficient (Wildman–Crippen LogP) is 1.65. The van der Waals surface area contributed by atoms with E-state index in [9.17, 15) is 9.18 Å². The predicted molar refractivity (Wildman–Crippen MR) is 75.2 cm³/mol. The van der Waals surface area contributed by atoms with E-state index in [1.54, 1.807) is 24.2 Å². The second-order valence-corrected chi connectivity index (χ2v) is 5.23. The molecule has 0 saturated carbocycles. The largest absolute Gasteiger partial charge is 0.349 e. The first-order valence-corrected chi connectivity index (χ1v) is 7.02. The van der Waals surface area contributed by atoms with Gasteiger partial charge in [0.1, 0.15) is 18.3 Å². The summed E-state index contributed by atoms with van der Waals surface area (Å²) in [5.74, 6) is 0.832. The number of hydrogen-bond donors (Lipinski definition) is 0. The van der Waals surface area contributed by atoms with Gasteiger partial charge in [-0.2, -0.15) is 0 Å². The van der Waals surface area contributed by atoms with Crippen LogP contribution in [0.5, 0.6) is 0 Å². The number of rotatable bonds is 5. The van der Waals surface area contributed by atoms with E-state index in [-0.39, 0.29) is 11.9 Å². The molecule has 2 rings (SSSR count). The Balaban J connectivity index is 2.04. The molecule has 0 N–H and O–H groups in total. The number of amides is 1. The van der Waals surface area contributed by atoms with Gasteiger partial charge in [0.25, 0.3) is 0 Å². The minimum Gasteiger partial charge on any atom is -0.349 e. The van der Waals surface area contributed by atoms with Crippen LogP contribution in [0.25, 0.3) is 0 Å². The number of aromatic nitrogens is 2. The molecular weight excluding hydrogens is 259 g/mol. The van der Waals surface area contributed by atoms with Crippen LogP contribution in [0.2, 0.25) is 0 Å². The second kappa shape index (κ2) is 6.63. The van der Waals surface area contributed by atoms with Crippen LogP contribution in [0.1, 0.15) is 26.2 Å². The highest BCUT2D eigenvalue weighted by Crippen LogP contribution is 2.25. The third kappa shape index (κ3) is 3.43. The Bertz CT molecular complexity index is 442. The Morgan fingerprint density at radius 2 is 2.40 bits per heavy atom. The minimum absolute atomic E-state index is 0.0225. The van der Waals surface area contributed by atoms with Crippen LogP contribution in [0, 0.1) is 0 Å². The van der Waals surface area contributed by atoms with Crippen molar-refractivity contribution in [2.24, 2.45) is 0 Å². The quantitative estimate of drug-likeness (QED) is 0.823. The van der Waals surface area contributed by atoms with Crippen molar-refractivity contribution in [2.75, 3.05) is 25.0 Å². The van der Waals surface area contributed by atoms with Gasteiger partial charge in [0.2, 0.25) is 5.91 Å². The third-order valence-electron chi connectivity index (χ3n) is 3.60. The van der Waals surface area contributed by atoms with Crippen LogP contribution in [0.4, 0.5) is 10.2 Å². The monoisotopic (exact) mass is 280 g/mol. The number of nitrogens with zero attached hydrogens (tertiary/aromatic N) is 4. The molecule has 1 aromatic heterocycles. The first kappa shape index (κ1) is 14.7. The maximum absolute atomic E-state index is 13.7. The highest BCUT2D eigenvalue weighted by atomic mass is 19.1. The third-order valence-corrected chi connectivity index (χ3v) is 3.60. The summed E-state index contributed by atoms with van der Waals surface area (Å²) in [5.41, 5.74) is 0. The van der Waals surface area contributed by atoms with Crippen LogP contribution in [0.3, 0.4) is 0 Å².